The Morgan fingerprint density at radius 2 is 1.54 bits per heavy atom. The summed E-state index contributed by atoms with van der Waals surface area (Å²) < 4.78 is 22.5. The van der Waals surface area contributed by atoms with Crippen LogP contribution in [-0.4, -0.2) is 37.6 Å². The average Bonchev–Trinajstić information content (AvgIpc) is 2.64. The van der Waals surface area contributed by atoms with E-state index in [9.17, 15) is 9.59 Å². The van der Waals surface area contributed by atoms with Crippen molar-refractivity contribution < 1.29 is 23.7 Å². The van der Waals surface area contributed by atoms with Crippen LogP contribution < -0.4 is 19.8 Å². The summed E-state index contributed by atoms with van der Waals surface area (Å²) in [4.78, 5) is 25.9. The van der Waals surface area contributed by atoms with Crippen molar-refractivity contribution in [2.24, 2.45) is 0 Å². The molecule has 1 heterocycles. The number of nitrogens with zero attached hydrogens (tertiary/aromatic N) is 1. The van der Waals surface area contributed by atoms with Crippen LogP contribution in [0.25, 0.3) is 11.1 Å². The third kappa shape index (κ3) is 4.49. The smallest absolute Gasteiger partial charge is 0.421 e. The van der Waals surface area contributed by atoms with Crippen LogP contribution in [0.5, 0.6) is 17.2 Å². The number of methoxy groups -OCH3 is 3. The van der Waals surface area contributed by atoms with Crippen LogP contribution in [0.3, 0.4) is 0 Å². The summed E-state index contributed by atoms with van der Waals surface area (Å²) in [6, 6.07) is 6.60. The van der Waals surface area contributed by atoms with Crippen molar-refractivity contribution in [2.75, 3.05) is 21.3 Å². The molecule has 0 radical (unpaired) electrons. The van der Waals surface area contributed by atoms with Gasteiger partial charge in [0.2, 0.25) is 0 Å². The molecule has 0 aliphatic rings. The fourth-order valence-corrected chi connectivity index (χ4v) is 3.07. The Bertz CT molecular complexity index is 930. The van der Waals surface area contributed by atoms with Crippen molar-refractivity contribution in [3.63, 3.8) is 0 Å². The monoisotopic (exact) mass is 453 g/mol. The molecule has 0 unspecified atom stereocenters. The van der Waals surface area contributed by atoms with Gasteiger partial charge in [-0.15, -0.1) is 0 Å². The second-order valence-electron chi connectivity index (χ2n) is 6.90. The van der Waals surface area contributed by atoms with Gasteiger partial charge in [-0.3, -0.25) is 4.79 Å². The SMILES string of the molecule is COc1cc(OC)c(-c2ccc(CBr)n(C(=O)OC(C)(C)C)c2=O)cc1OC. The lowest BCUT2D eigenvalue weighted by Crippen LogP contribution is -2.35. The van der Waals surface area contributed by atoms with Crippen molar-refractivity contribution in [3.05, 3.63) is 40.3 Å². The molecule has 0 saturated carbocycles. The Labute approximate surface area is 172 Å². The number of carbonyl (C=O) groups is 1. The fraction of sp³-hybridized carbons (Fsp3) is 0.400. The number of ether oxygens (including phenoxy) is 4. The number of hydrogen-bond donors (Lipinski definition) is 0. The first-order valence-corrected chi connectivity index (χ1v) is 9.63. The Hall–Kier alpha value is -2.48. The van der Waals surface area contributed by atoms with E-state index in [1.165, 1.54) is 21.3 Å². The molecule has 1 aromatic carbocycles. The largest absolute Gasteiger partial charge is 0.496 e. The van der Waals surface area contributed by atoms with Gasteiger partial charge >= 0.3 is 6.09 Å². The zero-order chi connectivity index (χ0) is 21.1. The molecule has 2 aromatic rings. The Morgan fingerprint density at radius 1 is 0.964 bits per heavy atom. The van der Waals surface area contributed by atoms with E-state index in [0.29, 0.717) is 33.8 Å². The minimum atomic E-state index is -0.742. The molecule has 8 heteroatoms. The number of rotatable bonds is 5. The Morgan fingerprint density at radius 3 is 2.04 bits per heavy atom. The van der Waals surface area contributed by atoms with Gasteiger partial charge in [0.15, 0.2) is 11.5 Å². The number of aromatic nitrogens is 1. The number of benzene rings is 1. The van der Waals surface area contributed by atoms with Crippen LogP contribution in [0.4, 0.5) is 4.79 Å². The van der Waals surface area contributed by atoms with Gasteiger partial charge in [0.25, 0.3) is 5.56 Å². The number of hydrogen-bond acceptors (Lipinski definition) is 6. The van der Waals surface area contributed by atoms with Crippen molar-refractivity contribution in [2.45, 2.75) is 31.7 Å². The highest BCUT2D eigenvalue weighted by Crippen LogP contribution is 2.39. The molecule has 0 bridgehead atoms. The minimum absolute atomic E-state index is 0.272. The predicted octanol–water partition coefficient (Wildman–Crippen LogP) is 4.22. The van der Waals surface area contributed by atoms with Crippen LogP contribution in [0.15, 0.2) is 29.1 Å². The molecule has 1 aromatic heterocycles. The molecule has 0 aliphatic heterocycles. The van der Waals surface area contributed by atoms with Gasteiger partial charge in [-0.25, -0.2) is 9.36 Å². The third-order valence-corrected chi connectivity index (χ3v) is 4.45. The lowest BCUT2D eigenvalue weighted by Gasteiger charge is -2.21. The van der Waals surface area contributed by atoms with Crippen LogP contribution in [0, 0.1) is 0 Å². The van der Waals surface area contributed by atoms with Crippen LogP contribution in [-0.2, 0) is 10.1 Å². The highest BCUT2D eigenvalue weighted by molar-refractivity contribution is 9.08. The molecule has 0 saturated heterocycles. The molecule has 0 N–H and O–H groups in total. The number of carbonyl (C=O) groups excluding carboxylic acids is 1. The van der Waals surface area contributed by atoms with Crippen LogP contribution in [0.2, 0.25) is 0 Å². The minimum Gasteiger partial charge on any atom is -0.496 e. The molecule has 152 valence electrons. The van der Waals surface area contributed by atoms with Crippen molar-refractivity contribution >= 4 is 22.0 Å². The maximum absolute atomic E-state index is 13.2. The first-order valence-electron chi connectivity index (χ1n) is 8.51. The van der Waals surface area contributed by atoms with Crippen LogP contribution >= 0.6 is 15.9 Å². The molecule has 0 amide bonds. The molecule has 0 aliphatic carbocycles. The van der Waals surface area contributed by atoms with E-state index in [1.807, 2.05) is 0 Å². The van der Waals surface area contributed by atoms with Gasteiger partial charge in [0.1, 0.15) is 11.4 Å². The molecule has 2 rings (SSSR count). The van der Waals surface area contributed by atoms with Gasteiger partial charge in [0, 0.05) is 22.7 Å². The maximum Gasteiger partial charge on any atom is 0.421 e. The third-order valence-electron chi connectivity index (χ3n) is 3.87. The molecule has 28 heavy (non-hydrogen) atoms. The maximum atomic E-state index is 13.2. The summed E-state index contributed by atoms with van der Waals surface area (Å²) in [6.07, 6.45) is -0.742. The summed E-state index contributed by atoms with van der Waals surface area (Å²) in [5.41, 5.74) is -0.0342. The Balaban J connectivity index is 2.73. The summed E-state index contributed by atoms with van der Waals surface area (Å²) in [5, 5.41) is 0.310. The van der Waals surface area contributed by atoms with E-state index in [1.54, 1.807) is 45.0 Å². The molecule has 0 atom stereocenters. The van der Waals surface area contributed by atoms with Gasteiger partial charge in [0.05, 0.1) is 26.9 Å². The van der Waals surface area contributed by atoms with Crippen LogP contribution in [0.1, 0.15) is 26.5 Å². The number of alkyl halides is 1. The van der Waals surface area contributed by atoms with Crippen molar-refractivity contribution in [1.29, 1.82) is 0 Å². The van der Waals surface area contributed by atoms with E-state index in [-0.39, 0.29) is 5.56 Å². The molecule has 0 spiro atoms. The second kappa shape index (κ2) is 8.68. The van der Waals surface area contributed by atoms with Crippen molar-refractivity contribution in [1.82, 2.24) is 4.57 Å². The normalized spacial score (nSPS) is 11.1. The quantitative estimate of drug-likeness (QED) is 0.630. The number of halogens is 1. The topological polar surface area (TPSA) is 76.0 Å². The highest BCUT2D eigenvalue weighted by atomic mass is 79.9. The van der Waals surface area contributed by atoms with Gasteiger partial charge < -0.3 is 18.9 Å². The first-order chi connectivity index (χ1) is 13.2. The van der Waals surface area contributed by atoms with Gasteiger partial charge in [-0.1, -0.05) is 15.9 Å². The summed E-state index contributed by atoms with van der Waals surface area (Å²) >= 11 is 3.31. The van der Waals surface area contributed by atoms with E-state index < -0.39 is 17.3 Å². The summed E-state index contributed by atoms with van der Waals surface area (Å²) in [6.45, 7) is 5.22. The highest BCUT2D eigenvalue weighted by Gasteiger charge is 2.24. The first kappa shape index (κ1) is 21.8. The predicted molar refractivity (Wildman–Crippen MR) is 110 cm³/mol. The zero-order valence-electron chi connectivity index (χ0n) is 16.8. The standard InChI is InChI=1S/C20H24BrNO6/c1-20(2,3)28-19(24)22-12(11-21)7-8-13(18(22)23)14-9-16(26-5)17(27-6)10-15(14)25-4/h7-10H,11H2,1-6H3. The summed E-state index contributed by atoms with van der Waals surface area (Å²) in [7, 11) is 4.50. The molecular weight excluding hydrogens is 430 g/mol. The van der Waals surface area contributed by atoms with E-state index >= 15 is 0 Å². The van der Waals surface area contributed by atoms with E-state index in [0.717, 1.165) is 4.57 Å². The lowest BCUT2D eigenvalue weighted by molar-refractivity contribution is 0.0527. The zero-order valence-corrected chi connectivity index (χ0v) is 18.4. The molecule has 0 fully saturated rings. The number of pyridine rings is 1. The van der Waals surface area contributed by atoms with E-state index in [4.69, 9.17) is 18.9 Å². The molecular formula is C20H24BrNO6. The van der Waals surface area contributed by atoms with Crippen molar-refractivity contribution in [3.8, 4) is 28.4 Å². The summed E-state index contributed by atoms with van der Waals surface area (Å²) in [5.74, 6) is 1.32. The van der Waals surface area contributed by atoms with Gasteiger partial charge in [-0.05, 0) is 39.0 Å². The van der Waals surface area contributed by atoms with E-state index in [2.05, 4.69) is 15.9 Å². The fourth-order valence-electron chi connectivity index (χ4n) is 2.63. The lowest BCUT2D eigenvalue weighted by atomic mass is 10.0. The average molecular weight is 454 g/mol. The Kier molecular flexibility index (Phi) is 6.77. The molecule has 7 nitrogen and oxygen atoms in total. The van der Waals surface area contributed by atoms with Gasteiger partial charge in [-0.2, -0.15) is 0 Å². The second-order valence-corrected chi connectivity index (χ2v) is 7.46.